The molecule has 0 heterocycles. The predicted octanol–water partition coefficient (Wildman–Crippen LogP) is 3.56. The van der Waals surface area contributed by atoms with Crippen molar-refractivity contribution in [3.8, 4) is 5.75 Å². The van der Waals surface area contributed by atoms with Gasteiger partial charge < -0.3 is 10.1 Å². The lowest BCUT2D eigenvalue weighted by molar-refractivity contribution is -0.119. The topological polar surface area (TPSA) is 75.7 Å². The van der Waals surface area contributed by atoms with Crippen molar-refractivity contribution in [2.75, 3.05) is 24.5 Å². The van der Waals surface area contributed by atoms with Crippen LogP contribution in [0.25, 0.3) is 0 Å². The largest absolute Gasteiger partial charge is 0.496 e. The first kappa shape index (κ1) is 22.4. The molecule has 3 aromatic carbocycles. The van der Waals surface area contributed by atoms with E-state index in [9.17, 15) is 13.2 Å². The maximum Gasteiger partial charge on any atom is 0.264 e. The summed E-state index contributed by atoms with van der Waals surface area (Å²) in [5.74, 6) is 0.374. The Hall–Kier alpha value is -3.32. The fourth-order valence-electron chi connectivity index (χ4n) is 3.18. The van der Waals surface area contributed by atoms with Crippen LogP contribution in [0.15, 0.2) is 83.8 Å². The maximum absolute atomic E-state index is 13.3. The molecule has 7 heteroatoms. The number of para-hydroxylation sites is 2. The second-order valence-electron chi connectivity index (χ2n) is 7.07. The van der Waals surface area contributed by atoms with Crippen LogP contribution >= 0.6 is 0 Å². The molecule has 162 valence electrons. The Morgan fingerprint density at radius 2 is 1.58 bits per heavy atom. The summed E-state index contributed by atoms with van der Waals surface area (Å²) in [6.45, 7) is 1.94. The van der Waals surface area contributed by atoms with E-state index in [1.165, 1.54) is 0 Å². The third kappa shape index (κ3) is 5.64. The molecule has 0 spiro atoms. The van der Waals surface area contributed by atoms with Crippen LogP contribution in [0.5, 0.6) is 5.75 Å². The Morgan fingerprint density at radius 1 is 0.935 bits per heavy atom. The fourth-order valence-corrected chi connectivity index (χ4v) is 4.60. The van der Waals surface area contributed by atoms with Crippen LogP contribution in [-0.4, -0.2) is 34.5 Å². The first-order valence-corrected chi connectivity index (χ1v) is 11.4. The molecule has 0 bridgehead atoms. The average molecular weight is 439 g/mol. The summed E-state index contributed by atoms with van der Waals surface area (Å²) in [5, 5.41) is 2.81. The molecule has 0 saturated heterocycles. The molecule has 0 aliphatic rings. The number of nitrogens with zero attached hydrogens (tertiary/aromatic N) is 1. The van der Waals surface area contributed by atoms with Crippen molar-refractivity contribution < 1.29 is 17.9 Å². The number of nitrogens with one attached hydrogen (secondary N) is 1. The predicted molar refractivity (Wildman–Crippen MR) is 122 cm³/mol. The zero-order valence-corrected chi connectivity index (χ0v) is 18.4. The maximum atomic E-state index is 13.3. The number of aryl methyl sites for hydroxylation is 1. The Kier molecular flexibility index (Phi) is 7.31. The first-order valence-electron chi connectivity index (χ1n) is 9.95. The molecule has 31 heavy (non-hydrogen) atoms. The lowest BCUT2D eigenvalue weighted by atomic mass is 10.1. The van der Waals surface area contributed by atoms with Crippen molar-refractivity contribution in [3.05, 3.63) is 90.0 Å². The molecule has 0 aliphatic carbocycles. The summed E-state index contributed by atoms with van der Waals surface area (Å²) >= 11 is 0. The van der Waals surface area contributed by atoms with Crippen molar-refractivity contribution in [2.24, 2.45) is 0 Å². The van der Waals surface area contributed by atoms with Crippen LogP contribution in [0.4, 0.5) is 5.69 Å². The molecule has 1 N–H and O–H groups in total. The number of rotatable bonds is 9. The Labute approximate surface area is 183 Å². The van der Waals surface area contributed by atoms with E-state index < -0.39 is 10.0 Å². The van der Waals surface area contributed by atoms with Gasteiger partial charge >= 0.3 is 0 Å². The smallest absolute Gasteiger partial charge is 0.264 e. The van der Waals surface area contributed by atoms with Gasteiger partial charge in [-0.1, -0.05) is 54.1 Å². The summed E-state index contributed by atoms with van der Waals surface area (Å²) in [7, 11) is -2.30. The molecule has 0 saturated carbocycles. The van der Waals surface area contributed by atoms with Gasteiger partial charge in [-0.2, -0.15) is 0 Å². The third-order valence-electron chi connectivity index (χ3n) is 4.85. The standard InChI is InChI=1S/C24H26N2O4S/c1-19-12-14-22(15-13-19)31(28,29)26(21-9-4-3-5-10-21)18-24(27)25-17-16-20-8-6-7-11-23(20)30-2/h3-15H,16-18H2,1-2H3,(H,25,27). The molecule has 0 radical (unpaired) electrons. The number of anilines is 1. The molecule has 0 aliphatic heterocycles. The van der Waals surface area contributed by atoms with E-state index in [4.69, 9.17) is 4.74 Å². The van der Waals surface area contributed by atoms with Crippen LogP contribution in [0, 0.1) is 6.92 Å². The Bertz CT molecular complexity index is 1110. The van der Waals surface area contributed by atoms with Crippen LogP contribution in [-0.2, 0) is 21.2 Å². The monoisotopic (exact) mass is 438 g/mol. The van der Waals surface area contributed by atoms with E-state index in [1.54, 1.807) is 61.7 Å². The zero-order valence-electron chi connectivity index (χ0n) is 17.6. The number of carbonyl (C=O) groups is 1. The number of amides is 1. The minimum atomic E-state index is -3.90. The number of sulfonamides is 1. The van der Waals surface area contributed by atoms with Gasteiger partial charge in [0.2, 0.25) is 5.91 Å². The highest BCUT2D eigenvalue weighted by molar-refractivity contribution is 7.92. The minimum absolute atomic E-state index is 0.142. The van der Waals surface area contributed by atoms with E-state index >= 15 is 0 Å². The van der Waals surface area contributed by atoms with E-state index in [-0.39, 0.29) is 17.3 Å². The first-order chi connectivity index (χ1) is 14.9. The van der Waals surface area contributed by atoms with Gasteiger partial charge in [0.1, 0.15) is 12.3 Å². The number of hydrogen-bond donors (Lipinski definition) is 1. The van der Waals surface area contributed by atoms with Gasteiger partial charge in [-0.25, -0.2) is 8.42 Å². The second-order valence-corrected chi connectivity index (χ2v) is 8.93. The van der Waals surface area contributed by atoms with Gasteiger partial charge in [-0.15, -0.1) is 0 Å². The molecular formula is C24H26N2O4S. The SMILES string of the molecule is COc1ccccc1CCNC(=O)CN(c1ccccc1)S(=O)(=O)c1ccc(C)cc1. The number of carbonyl (C=O) groups excluding carboxylic acids is 1. The molecule has 6 nitrogen and oxygen atoms in total. The molecule has 3 aromatic rings. The number of hydrogen-bond acceptors (Lipinski definition) is 4. The minimum Gasteiger partial charge on any atom is -0.496 e. The number of methoxy groups -OCH3 is 1. The second kappa shape index (κ2) is 10.1. The zero-order chi connectivity index (χ0) is 22.3. The normalized spacial score (nSPS) is 11.0. The lowest BCUT2D eigenvalue weighted by Crippen LogP contribution is -2.41. The average Bonchev–Trinajstić information content (AvgIpc) is 2.78. The van der Waals surface area contributed by atoms with Crippen LogP contribution in [0.3, 0.4) is 0 Å². The highest BCUT2D eigenvalue weighted by Gasteiger charge is 2.27. The summed E-state index contributed by atoms with van der Waals surface area (Å²) in [5.41, 5.74) is 2.36. The van der Waals surface area contributed by atoms with Crippen molar-refractivity contribution >= 4 is 21.6 Å². The highest BCUT2D eigenvalue weighted by Crippen LogP contribution is 2.23. The van der Waals surface area contributed by atoms with Crippen LogP contribution in [0.2, 0.25) is 0 Å². The van der Waals surface area contributed by atoms with Crippen molar-refractivity contribution in [1.82, 2.24) is 5.32 Å². The Morgan fingerprint density at radius 3 is 2.26 bits per heavy atom. The summed E-state index contributed by atoms with van der Waals surface area (Å²) in [4.78, 5) is 12.8. The molecule has 0 fully saturated rings. The van der Waals surface area contributed by atoms with Gasteiger partial charge in [-0.05, 0) is 49.2 Å². The van der Waals surface area contributed by atoms with Gasteiger partial charge in [0.25, 0.3) is 10.0 Å². The van der Waals surface area contributed by atoms with E-state index in [2.05, 4.69) is 5.32 Å². The quantitative estimate of drug-likeness (QED) is 0.554. The molecule has 1 amide bonds. The van der Waals surface area contributed by atoms with E-state index in [1.807, 2.05) is 31.2 Å². The van der Waals surface area contributed by atoms with Crippen LogP contribution < -0.4 is 14.4 Å². The molecular weight excluding hydrogens is 412 g/mol. The molecule has 0 unspecified atom stereocenters. The fraction of sp³-hybridized carbons (Fsp3) is 0.208. The van der Waals surface area contributed by atoms with Crippen LogP contribution in [0.1, 0.15) is 11.1 Å². The van der Waals surface area contributed by atoms with Crippen molar-refractivity contribution in [2.45, 2.75) is 18.2 Å². The van der Waals surface area contributed by atoms with E-state index in [0.29, 0.717) is 18.7 Å². The van der Waals surface area contributed by atoms with Crippen molar-refractivity contribution in [3.63, 3.8) is 0 Å². The molecule has 0 aromatic heterocycles. The molecule has 0 atom stereocenters. The molecule has 3 rings (SSSR count). The Balaban J connectivity index is 1.74. The van der Waals surface area contributed by atoms with E-state index in [0.717, 1.165) is 21.2 Å². The van der Waals surface area contributed by atoms with Gasteiger partial charge in [-0.3, -0.25) is 9.10 Å². The number of benzene rings is 3. The summed E-state index contributed by atoms with van der Waals surface area (Å²) in [6, 6.07) is 22.8. The van der Waals surface area contributed by atoms with Crippen molar-refractivity contribution in [1.29, 1.82) is 0 Å². The van der Waals surface area contributed by atoms with Gasteiger partial charge in [0, 0.05) is 6.54 Å². The summed E-state index contributed by atoms with van der Waals surface area (Å²) in [6.07, 6.45) is 0.575. The lowest BCUT2D eigenvalue weighted by Gasteiger charge is -2.24. The number of ether oxygens (including phenoxy) is 1. The van der Waals surface area contributed by atoms with Gasteiger partial charge in [0.05, 0.1) is 17.7 Å². The third-order valence-corrected chi connectivity index (χ3v) is 6.64. The van der Waals surface area contributed by atoms with Gasteiger partial charge in [0.15, 0.2) is 0 Å². The summed E-state index contributed by atoms with van der Waals surface area (Å²) < 4.78 is 33.0. The highest BCUT2D eigenvalue weighted by atomic mass is 32.2.